The number of thioether (sulfide) groups is 2. The van der Waals surface area contributed by atoms with Gasteiger partial charge in [-0.05, 0) is 115 Å². The van der Waals surface area contributed by atoms with Crippen molar-refractivity contribution in [1.82, 2.24) is 19.7 Å². The highest BCUT2D eigenvalue weighted by Crippen LogP contribution is 2.37. The number of hydrogen-bond acceptors (Lipinski definition) is 13. The van der Waals surface area contributed by atoms with E-state index in [0.717, 1.165) is 98.4 Å². The fraction of sp³-hybridized carbons (Fsp3) is 0.204. The number of methoxy groups -OCH3 is 1. The molecule has 2 fully saturated rings. The summed E-state index contributed by atoms with van der Waals surface area (Å²) in [4.78, 5) is 21.6. The molecule has 9 rings (SSSR count). The second-order valence-electron chi connectivity index (χ2n) is 17.3. The van der Waals surface area contributed by atoms with E-state index >= 15 is 0 Å². The minimum Gasteiger partial charge on any atom is -0.495 e. The summed E-state index contributed by atoms with van der Waals surface area (Å²) in [6.07, 6.45) is -0.0304. The zero-order chi connectivity index (χ0) is 54.7. The fourth-order valence-electron chi connectivity index (χ4n) is 8.14. The zero-order valence-electron chi connectivity index (χ0n) is 41.6. The third-order valence-corrected chi connectivity index (χ3v) is 14.1. The van der Waals surface area contributed by atoms with Gasteiger partial charge in [0.1, 0.15) is 35.8 Å². The molecule has 0 aliphatic carbocycles. The highest BCUT2D eigenvalue weighted by atomic mass is 32.2. The first kappa shape index (κ1) is 54.3. The number of benzene rings is 5. The van der Waals surface area contributed by atoms with Crippen LogP contribution >= 0.6 is 23.5 Å². The molecule has 2 N–H and O–H groups in total. The molecule has 78 heavy (non-hydrogen) atoms. The first-order valence-corrected chi connectivity index (χ1v) is 25.9. The Morgan fingerprint density at radius 1 is 0.756 bits per heavy atom. The molecule has 0 spiro atoms. The number of hydrogen-bond donors (Lipinski definition) is 1. The van der Waals surface area contributed by atoms with Crippen molar-refractivity contribution >= 4 is 75.5 Å². The normalized spacial score (nSPS) is 16.8. The topological polar surface area (TPSA) is 178 Å². The van der Waals surface area contributed by atoms with Crippen molar-refractivity contribution in [2.45, 2.75) is 32.5 Å². The van der Waals surface area contributed by atoms with E-state index < -0.39 is 12.7 Å². The summed E-state index contributed by atoms with van der Waals surface area (Å²) in [7, 11) is 1.66. The Kier molecular flexibility index (Phi) is 17.2. The first-order valence-electron chi connectivity index (χ1n) is 23.9. The minimum atomic E-state index is -4.78. The minimum absolute atomic E-state index is 0.192. The molecule has 24 heteroatoms. The molecular weight excluding hydrogens is 1060 g/mol. The van der Waals surface area contributed by atoms with E-state index in [4.69, 9.17) is 15.6 Å². The van der Waals surface area contributed by atoms with Gasteiger partial charge in [0.05, 0.1) is 48.0 Å². The predicted molar refractivity (Wildman–Crippen MR) is 295 cm³/mol. The van der Waals surface area contributed by atoms with Gasteiger partial charge in [0.25, 0.3) is 0 Å². The Balaban J connectivity index is 0.833. The highest BCUT2D eigenvalue weighted by Gasteiger charge is 2.32. The quantitative estimate of drug-likeness (QED) is 0.0421. The molecule has 0 amide bonds. The number of nitrogens with zero attached hydrogens (tertiary/aromatic N) is 12. The molecule has 1 atom stereocenters. The summed E-state index contributed by atoms with van der Waals surface area (Å²) in [5, 5.41) is 24.3. The largest absolute Gasteiger partial charge is 0.573 e. The Labute approximate surface area is 452 Å². The maximum absolute atomic E-state index is 12.6. The van der Waals surface area contributed by atoms with Crippen molar-refractivity contribution in [3.63, 3.8) is 0 Å². The number of halogens is 6. The molecule has 0 radical (unpaired) electrons. The third kappa shape index (κ3) is 14.7. The molecular formula is C54H47F6N13O3S2. The standard InChI is InChI=1S/C54H47F6N13O3S2/c1-35-46(5-3-24-62-35)72-31-39(32-78-52(72)69-67-30-37-8-13-41(14-9-37)50-65-34-73(70-50)43-17-21-45(22-18-43)76-54(58,59)60)27-38-10-23-48(74-2)47(28-38)71-25-4-26-77-51(71)68-66-29-36-6-11-40(12-7-36)49(61)64-33-63-42-15-19-44(20-16-42)75-53(55,56)57/h3,5-24,28-30,33-34,39H,4,25-27,31-32H2,1-2H3,(H2,61,63,64)/b66-29+,67-30+,68-51-,69-52-. The number of nitrogens with two attached hydrogens (primary N) is 1. The number of ether oxygens (including phenoxy) is 3. The van der Waals surface area contributed by atoms with Crippen LogP contribution in [0.3, 0.4) is 0 Å². The molecule has 0 saturated carbocycles. The van der Waals surface area contributed by atoms with Crippen LogP contribution in [0, 0.1) is 12.8 Å². The summed E-state index contributed by atoms with van der Waals surface area (Å²) in [5.41, 5.74) is 13.9. The fourth-order valence-corrected chi connectivity index (χ4v) is 10.1. The van der Waals surface area contributed by atoms with E-state index in [1.807, 2.05) is 61.5 Å². The summed E-state index contributed by atoms with van der Waals surface area (Å²) < 4.78 is 90.4. The van der Waals surface area contributed by atoms with Gasteiger partial charge in [-0.25, -0.2) is 19.7 Å². The van der Waals surface area contributed by atoms with E-state index in [0.29, 0.717) is 29.3 Å². The van der Waals surface area contributed by atoms with Crippen LogP contribution in [0.25, 0.3) is 17.1 Å². The van der Waals surface area contributed by atoms with Crippen LogP contribution in [0.4, 0.5) is 43.4 Å². The molecule has 2 saturated heterocycles. The van der Waals surface area contributed by atoms with Gasteiger partial charge in [-0.15, -0.1) is 41.6 Å². The lowest BCUT2D eigenvalue weighted by Gasteiger charge is -2.35. The van der Waals surface area contributed by atoms with E-state index in [-0.39, 0.29) is 23.3 Å². The number of pyridine rings is 1. The van der Waals surface area contributed by atoms with Gasteiger partial charge < -0.3 is 29.7 Å². The van der Waals surface area contributed by atoms with E-state index in [2.05, 4.69) is 71.8 Å². The number of aliphatic imine (C=N–C) groups is 2. The van der Waals surface area contributed by atoms with Crippen LogP contribution < -0.4 is 29.7 Å². The molecule has 4 heterocycles. The highest BCUT2D eigenvalue weighted by molar-refractivity contribution is 8.14. The number of alkyl halides is 6. The Morgan fingerprint density at radius 3 is 2.06 bits per heavy atom. The Hall–Kier alpha value is -8.51. The summed E-state index contributed by atoms with van der Waals surface area (Å²) in [6.45, 7) is 3.38. The molecule has 2 aromatic heterocycles. The molecule has 0 bridgehead atoms. The maximum Gasteiger partial charge on any atom is 0.573 e. The van der Waals surface area contributed by atoms with Crippen LogP contribution in [0.5, 0.6) is 17.2 Å². The Bertz CT molecular complexity index is 3370. The number of amidine groups is 3. The molecule has 5 aromatic carbocycles. The summed E-state index contributed by atoms with van der Waals surface area (Å²) in [5.74, 6) is 2.58. The Morgan fingerprint density at radius 2 is 1.41 bits per heavy atom. The van der Waals surface area contributed by atoms with Crippen LogP contribution in [-0.4, -0.2) is 99.1 Å². The lowest BCUT2D eigenvalue weighted by Crippen LogP contribution is -2.40. The third-order valence-electron chi connectivity index (χ3n) is 11.8. The van der Waals surface area contributed by atoms with Crippen molar-refractivity contribution in [1.29, 1.82) is 0 Å². The lowest BCUT2D eigenvalue weighted by atomic mass is 9.99. The first-order chi connectivity index (χ1) is 37.6. The number of aryl methyl sites for hydroxylation is 1. The molecule has 2 aliphatic rings. The van der Waals surface area contributed by atoms with Crippen LogP contribution in [0.15, 0.2) is 170 Å². The molecule has 16 nitrogen and oxygen atoms in total. The van der Waals surface area contributed by atoms with Crippen molar-refractivity contribution in [3.05, 3.63) is 168 Å². The summed E-state index contributed by atoms with van der Waals surface area (Å²) in [6, 6.07) is 35.3. The average molecular weight is 1100 g/mol. The number of anilines is 2. The number of rotatable bonds is 16. The van der Waals surface area contributed by atoms with Crippen molar-refractivity contribution in [2.24, 2.45) is 42.0 Å². The van der Waals surface area contributed by atoms with Gasteiger partial charge in [-0.2, -0.15) is 10.2 Å². The second-order valence-corrected chi connectivity index (χ2v) is 19.4. The van der Waals surface area contributed by atoms with Crippen LogP contribution in [0.1, 0.15) is 34.4 Å². The molecule has 1 unspecified atom stereocenters. The van der Waals surface area contributed by atoms with Gasteiger partial charge in [0, 0.05) is 41.9 Å². The summed E-state index contributed by atoms with van der Waals surface area (Å²) >= 11 is 3.25. The van der Waals surface area contributed by atoms with Crippen molar-refractivity contribution in [2.75, 3.05) is 41.5 Å². The van der Waals surface area contributed by atoms with Crippen LogP contribution in [0.2, 0.25) is 0 Å². The van der Waals surface area contributed by atoms with Gasteiger partial charge >= 0.3 is 12.7 Å². The van der Waals surface area contributed by atoms with Gasteiger partial charge in [0.15, 0.2) is 16.2 Å². The monoisotopic (exact) mass is 1100 g/mol. The molecule has 400 valence electrons. The average Bonchev–Trinajstić information content (AvgIpc) is 3.96. The lowest BCUT2D eigenvalue weighted by molar-refractivity contribution is -0.275. The predicted octanol–water partition coefficient (Wildman–Crippen LogP) is 11.6. The van der Waals surface area contributed by atoms with Crippen LogP contribution in [-0.2, 0) is 6.42 Å². The van der Waals surface area contributed by atoms with E-state index in [1.54, 1.807) is 61.4 Å². The SMILES string of the molecule is COc1ccc(CC2CS/C(=N\N=C\c3ccc(-c4ncn(-c5ccc(OC(F)(F)F)cc5)n4)cc3)N(c3cccnc3C)C2)cc1N1CCCS/C1=N\N=C\c1ccc(C(N)=NC=Nc2ccc(OC(F)(F)F)cc2)cc1. The van der Waals surface area contributed by atoms with E-state index in [9.17, 15) is 26.3 Å². The van der Waals surface area contributed by atoms with Crippen molar-refractivity contribution < 1.29 is 40.6 Å². The molecule has 7 aromatic rings. The van der Waals surface area contributed by atoms with Gasteiger partial charge in [0.2, 0.25) is 0 Å². The zero-order valence-corrected chi connectivity index (χ0v) is 43.2. The second kappa shape index (κ2) is 24.7. The van der Waals surface area contributed by atoms with Gasteiger partial charge in [-0.1, -0.05) is 78.1 Å². The smallest absolute Gasteiger partial charge is 0.495 e. The van der Waals surface area contributed by atoms with E-state index in [1.165, 1.54) is 53.7 Å². The van der Waals surface area contributed by atoms with Crippen molar-refractivity contribution in [3.8, 4) is 34.3 Å². The number of aromatic nitrogens is 4. The van der Waals surface area contributed by atoms with Gasteiger partial charge in [-0.3, -0.25) is 4.98 Å². The maximum atomic E-state index is 12.6. The molecule has 2 aliphatic heterocycles.